The first-order valence-electron chi connectivity index (χ1n) is 7.27. The third-order valence-corrected chi connectivity index (χ3v) is 5.11. The molecule has 24 heavy (non-hydrogen) atoms. The van der Waals surface area contributed by atoms with E-state index in [1.54, 1.807) is 29.5 Å². The molecule has 3 nitrogen and oxygen atoms in total. The van der Waals surface area contributed by atoms with Gasteiger partial charge in [0.25, 0.3) is 0 Å². The van der Waals surface area contributed by atoms with Crippen LogP contribution in [0.1, 0.15) is 5.56 Å². The number of fused-ring (bicyclic) bond motifs is 1. The van der Waals surface area contributed by atoms with Gasteiger partial charge in [-0.05, 0) is 35.7 Å². The van der Waals surface area contributed by atoms with Crippen molar-refractivity contribution in [3.63, 3.8) is 0 Å². The molecule has 0 saturated heterocycles. The highest BCUT2D eigenvalue weighted by Crippen LogP contribution is 2.39. The van der Waals surface area contributed by atoms with E-state index < -0.39 is 0 Å². The van der Waals surface area contributed by atoms with Crippen molar-refractivity contribution >= 4 is 33.8 Å². The minimum atomic E-state index is 0.0371. The molecule has 0 aliphatic rings. The summed E-state index contributed by atoms with van der Waals surface area (Å²) in [7, 11) is 0. The smallest absolute Gasteiger partial charge is 0.134 e. The zero-order valence-electron chi connectivity index (χ0n) is 12.4. The van der Waals surface area contributed by atoms with Crippen LogP contribution >= 0.6 is 22.9 Å². The van der Waals surface area contributed by atoms with Gasteiger partial charge < -0.3 is 9.67 Å². The molecular weight excluding hydrogens is 340 g/mol. The highest BCUT2D eigenvalue weighted by atomic mass is 35.5. The summed E-state index contributed by atoms with van der Waals surface area (Å²) < 4.78 is 2.02. The average Bonchev–Trinajstić information content (AvgIpc) is 3.22. The lowest BCUT2D eigenvalue weighted by atomic mass is 10.1. The van der Waals surface area contributed by atoms with Crippen molar-refractivity contribution in [2.75, 3.05) is 0 Å². The monoisotopic (exact) mass is 350 g/mol. The van der Waals surface area contributed by atoms with Gasteiger partial charge in [-0.25, -0.2) is 0 Å². The maximum absolute atomic E-state index is 9.75. The standard InChI is InChI=1S/C19H11ClN2OS/c20-15-10-12(7-8-17(15)23)22-16-5-2-1-4-13(16)14(11-21)19(22)18-6-3-9-24-18/h1-10,23H. The third kappa shape index (κ3) is 2.18. The lowest BCUT2D eigenvalue weighted by Crippen LogP contribution is -1.96. The summed E-state index contributed by atoms with van der Waals surface area (Å²) in [4.78, 5) is 1.01. The van der Waals surface area contributed by atoms with E-state index in [1.165, 1.54) is 0 Å². The molecule has 0 aliphatic carbocycles. The molecule has 2 aromatic carbocycles. The summed E-state index contributed by atoms with van der Waals surface area (Å²) in [6, 6.07) is 19.2. The van der Waals surface area contributed by atoms with Crippen LogP contribution in [0.4, 0.5) is 0 Å². The van der Waals surface area contributed by atoms with Gasteiger partial charge in [-0.15, -0.1) is 11.3 Å². The average molecular weight is 351 g/mol. The molecule has 1 N–H and O–H groups in total. The van der Waals surface area contributed by atoms with E-state index in [2.05, 4.69) is 6.07 Å². The zero-order valence-corrected chi connectivity index (χ0v) is 14.0. The minimum absolute atomic E-state index is 0.0371. The second-order valence-corrected chi connectivity index (χ2v) is 6.66. The number of hydrogen-bond acceptors (Lipinski definition) is 3. The molecule has 0 fully saturated rings. The molecule has 0 bridgehead atoms. The van der Waals surface area contributed by atoms with Crippen molar-refractivity contribution in [2.45, 2.75) is 0 Å². The molecule has 0 aliphatic heterocycles. The number of phenolic OH excluding ortho intramolecular Hbond substituents is 1. The first kappa shape index (κ1) is 14.8. The SMILES string of the molecule is N#Cc1c(-c2cccs2)n(-c2ccc(O)c(Cl)c2)c2ccccc12. The fourth-order valence-electron chi connectivity index (χ4n) is 2.90. The normalized spacial score (nSPS) is 10.8. The van der Waals surface area contributed by atoms with Crippen LogP contribution in [0.3, 0.4) is 0 Å². The van der Waals surface area contributed by atoms with Crippen LogP contribution in [0, 0.1) is 11.3 Å². The molecule has 0 unspecified atom stereocenters. The van der Waals surface area contributed by atoms with Gasteiger partial charge in [0.1, 0.15) is 11.8 Å². The second kappa shape index (κ2) is 5.72. The van der Waals surface area contributed by atoms with Gasteiger partial charge in [-0.3, -0.25) is 0 Å². The topological polar surface area (TPSA) is 49.0 Å². The van der Waals surface area contributed by atoms with E-state index in [4.69, 9.17) is 11.6 Å². The maximum atomic E-state index is 9.75. The number of aromatic nitrogens is 1. The number of para-hydroxylation sites is 1. The number of phenols is 1. The van der Waals surface area contributed by atoms with E-state index >= 15 is 0 Å². The first-order chi connectivity index (χ1) is 11.7. The van der Waals surface area contributed by atoms with E-state index in [1.807, 2.05) is 46.3 Å². The Labute approximate surface area is 147 Å². The Kier molecular flexibility index (Phi) is 3.53. The number of nitriles is 1. The Morgan fingerprint density at radius 1 is 1.08 bits per heavy atom. The van der Waals surface area contributed by atoms with Crippen molar-refractivity contribution < 1.29 is 5.11 Å². The summed E-state index contributed by atoms with van der Waals surface area (Å²) in [5, 5.41) is 22.6. The summed E-state index contributed by atoms with van der Waals surface area (Å²) in [6.07, 6.45) is 0. The van der Waals surface area contributed by atoms with Gasteiger partial charge in [-0.2, -0.15) is 5.26 Å². The number of thiophene rings is 1. The van der Waals surface area contributed by atoms with Crippen molar-refractivity contribution in [1.29, 1.82) is 5.26 Å². The molecule has 4 rings (SSSR count). The number of rotatable bonds is 2. The largest absolute Gasteiger partial charge is 0.506 e. The van der Waals surface area contributed by atoms with E-state index in [0.29, 0.717) is 5.56 Å². The van der Waals surface area contributed by atoms with Crippen molar-refractivity contribution in [1.82, 2.24) is 4.57 Å². The van der Waals surface area contributed by atoms with E-state index in [0.717, 1.165) is 27.2 Å². The Balaban J connectivity index is 2.16. The number of benzene rings is 2. The van der Waals surface area contributed by atoms with Gasteiger partial charge in [0.05, 0.1) is 26.7 Å². The fraction of sp³-hybridized carbons (Fsp3) is 0. The van der Waals surface area contributed by atoms with Crippen LogP contribution in [0.25, 0.3) is 27.2 Å². The number of nitrogens with zero attached hydrogens (tertiary/aromatic N) is 2. The van der Waals surface area contributed by atoms with Crippen LogP contribution in [0.15, 0.2) is 60.0 Å². The quantitative estimate of drug-likeness (QED) is 0.512. The molecule has 116 valence electrons. The summed E-state index contributed by atoms with van der Waals surface area (Å²) in [6.45, 7) is 0. The molecule has 2 heterocycles. The van der Waals surface area contributed by atoms with E-state index in [9.17, 15) is 10.4 Å². The molecule has 0 amide bonds. The van der Waals surface area contributed by atoms with Crippen LogP contribution in [0.5, 0.6) is 5.75 Å². The van der Waals surface area contributed by atoms with Crippen molar-refractivity contribution in [3.05, 3.63) is 70.6 Å². The highest BCUT2D eigenvalue weighted by Gasteiger charge is 2.20. The lowest BCUT2D eigenvalue weighted by molar-refractivity contribution is 0.475. The predicted molar refractivity (Wildman–Crippen MR) is 98.0 cm³/mol. The van der Waals surface area contributed by atoms with Crippen molar-refractivity contribution in [3.8, 4) is 28.1 Å². The van der Waals surface area contributed by atoms with Crippen LogP contribution in [0.2, 0.25) is 5.02 Å². The Morgan fingerprint density at radius 2 is 1.92 bits per heavy atom. The molecular formula is C19H11ClN2OS. The summed E-state index contributed by atoms with van der Waals surface area (Å²) in [5.74, 6) is 0.0371. The van der Waals surface area contributed by atoms with Gasteiger partial charge in [0.15, 0.2) is 0 Å². The number of aromatic hydroxyl groups is 1. The Bertz CT molecular complexity index is 1090. The Morgan fingerprint density at radius 3 is 2.62 bits per heavy atom. The van der Waals surface area contributed by atoms with Gasteiger partial charge >= 0.3 is 0 Å². The van der Waals surface area contributed by atoms with E-state index in [-0.39, 0.29) is 10.8 Å². The van der Waals surface area contributed by atoms with Crippen LogP contribution < -0.4 is 0 Å². The molecule has 0 spiro atoms. The molecule has 5 heteroatoms. The summed E-state index contributed by atoms with van der Waals surface area (Å²) >= 11 is 7.69. The van der Waals surface area contributed by atoms with Crippen LogP contribution in [-0.4, -0.2) is 9.67 Å². The predicted octanol–water partition coefficient (Wildman–Crippen LogP) is 5.59. The zero-order chi connectivity index (χ0) is 16.7. The molecule has 4 aromatic rings. The molecule has 0 saturated carbocycles. The second-order valence-electron chi connectivity index (χ2n) is 5.30. The summed E-state index contributed by atoms with van der Waals surface area (Å²) in [5.41, 5.74) is 3.21. The van der Waals surface area contributed by atoms with Gasteiger partial charge in [0, 0.05) is 11.1 Å². The minimum Gasteiger partial charge on any atom is -0.506 e. The van der Waals surface area contributed by atoms with Crippen LogP contribution in [-0.2, 0) is 0 Å². The highest BCUT2D eigenvalue weighted by molar-refractivity contribution is 7.13. The third-order valence-electron chi connectivity index (χ3n) is 3.93. The molecule has 0 radical (unpaired) electrons. The number of hydrogen-bond donors (Lipinski definition) is 1. The fourth-order valence-corrected chi connectivity index (χ4v) is 3.84. The molecule has 2 aromatic heterocycles. The van der Waals surface area contributed by atoms with Crippen molar-refractivity contribution in [2.24, 2.45) is 0 Å². The van der Waals surface area contributed by atoms with Gasteiger partial charge in [0.2, 0.25) is 0 Å². The number of halogens is 1. The molecule has 0 atom stereocenters. The first-order valence-corrected chi connectivity index (χ1v) is 8.53. The lowest BCUT2D eigenvalue weighted by Gasteiger charge is -2.11. The van der Waals surface area contributed by atoms with Gasteiger partial charge in [-0.1, -0.05) is 35.9 Å². The maximum Gasteiger partial charge on any atom is 0.134 e. The Hall–Kier alpha value is -2.74.